The van der Waals surface area contributed by atoms with Crippen LogP contribution in [0, 0.1) is 0 Å². The quantitative estimate of drug-likeness (QED) is 0.248. The van der Waals surface area contributed by atoms with E-state index in [-0.39, 0.29) is 12.4 Å². The van der Waals surface area contributed by atoms with Gasteiger partial charge in [0.15, 0.2) is 12.4 Å². The van der Waals surface area contributed by atoms with Crippen molar-refractivity contribution >= 4 is 12.3 Å². The summed E-state index contributed by atoms with van der Waals surface area (Å²) in [6.07, 6.45) is -6.62. The summed E-state index contributed by atoms with van der Waals surface area (Å²) in [6, 6.07) is 0. The van der Waals surface area contributed by atoms with Crippen LogP contribution in [0.4, 0.5) is 0 Å². The molecule has 4 atom stereocenters. The van der Waals surface area contributed by atoms with Gasteiger partial charge < -0.3 is 31.3 Å². The maximum Gasteiger partial charge on any atom is 0.303 e. The molecule has 0 aliphatic heterocycles. The van der Waals surface area contributed by atoms with E-state index in [0.29, 0.717) is 0 Å². The number of aliphatic hydroxyl groups excluding tert-OH is 4. The molecular weight excluding hydrogens is 222 g/mol. The molecule has 0 saturated carbocycles. The largest absolute Gasteiger partial charge is 0.452 e. The van der Waals surface area contributed by atoms with Gasteiger partial charge in [-0.15, -0.1) is 0 Å². The first kappa shape index (κ1) is 17.3. The summed E-state index contributed by atoms with van der Waals surface area (Å²) in [5.41, 5.74) is 0. The molecule has 0 spiro atoms. The highest BCUT2D eigenvalue weighted by molar-refractivity contribution is 5.70. The normalized spacial score (nSPS) is 17.6. The van der Waals surface area contributed by atoms with Crippen LogP contribution in [-0.2, 0) is 14.3 Å². The second-order valence-electron chi connectivity index (χ2n) is 2.94. The van der Waals surface area contributed by atoms with Gasteiger partial charge >= 0.3 is 5.97 Å². The van der Waals surface area contributed by atoms with E-state index in [1.165, 1.54) is 0 Å². The molecular formula is C8H17NO7. The lowest BCUT2D eigenvalue weighted by Gasteiger charge is -2.24. The molecule has 0 fully saturated rings. The lowest BCUT2D eigenvalue weighted by molar-refractivity contribution is -0.166. The molecule has 0 aromatic carbocycles. The van der Waals surface area contributed by atoms with Crippen molar-refractivity contribution in [2.75, 3.05) is 6.61 Å². The Hall–Kier alpha value is -1.06. The summed E-state index contributed by atoms with van der Waals surface area (Å²) >= 11 is 0. The van der Waals surface area contributed by atoms with Gasteiger partial charge in [0, 0.05) is 6.92 Å². The fourth-order valence-corrected chi connectivity index (χ4v) is 0.900. The predicted molar refractivity (Wildman–Crippen MR) is 51.7 cm³/mol. The summed E-state index contributed by atoms with van der Waals surface area (Å²) < 4.78 is 4.37. The van der Waals surface area contributed by atoms with Gasteiger partial charge in [0.05, 0.1) is 6.61 Å². The molecule has 7 N–H and O–H groups in total. The topological polar surface area (TPSA) is 159 Å². The van der Waals surface area contributed by atoms with E-state index in [4.69, 9.17) is 10.2 Å². The standard InChI is InChI=1S/C8H14O7.H3N/c1-4(11)15-6(3-10)8(14)7(13)5(12)2-9;/h3,5-9,12-14H,2H2,1H3;1H3/t5-,6+,7-,8-;/m1./s1. The van der Waals surface area contributed by atoms with E-state index < -0.39 is 37.0 Å². The number of rotatable bonds is 6. The molecule has 0 bridgehead atoms. The van der Waals surface area contributed by atoms with Crippen molar-refractivity contribution in [2.45, 2.75) is 31.3 Å². The number of aliphatic hydroxyl groups is 4. The van der Waals surface area contributed by atoms with Crippen molar-refractivity contribution in [3.8, 4) is 0 Å². The SMILES string of the molecule is CC(=O)O[C@@H](C=O)[C@@H](O)[C@H](O)[C@H](O)CO.N. The number of ether oxygens (including phenoxy) is 1. The van der Waals surface area contributed by atoms with E-state index in [1.807, 2.05) is 0 Å². The molecule has 0 radical (unpaired) electrons. The molecule has 8 nitrogen and oxygen atoms in total. The summed E-state index contributed by atoms with van der Waals surface area (Å²) in [7, 11) is 0. The van der Waals surface area contributed by atoms with Gasteiger partial charge in [0.2, 0.25) is 0 Å². The molecule has 0 unspecified atom stereocenters. The second kappa shape index (κ2) is 8.13. The third-order valence-corrected chi connectivity index (χ3v) is 1.70. The minimum absolute atomic E-state index is 0. The third-order valence-electron chi connectivity index (χ3n) is 1.70. The van der Waals surface area contributed by atoms with Gasteiger partial charge in [-0.05, 0) is 0 Å². The summed E-state index contributed by atoms with van der Waals surface area (Å²) in [5, 5.41) is 35.9. The van der Waals surface area contributed by atoms with Crippen LogP contribution in [0.2, 0.25) is 0 Å². The molecule has 16 heavy (non-hydrogen) atoms. The molecule has 0 aromatic rings. The van der Waals surface area contributed by atoms with Gasteiger partial charge in [-0.2, -0.15) is 0 Å². The van der Waals surface area contributed by atoms with Crippen LogP contribution in [0.5, 0.6) is 0 Å². The van der Waals surface area contributed by atoms with E-state index in [1.54, 1.807) is 0 Å². The van der Waals surface area contributed by atoms with Crippen LogP contribution in [0.1, 0.15) is 6.92 Å². The van der Waals surface area contributed by atoms with E-state index >= 15 is 0 Å². The summed E-state index contributed by atoms with van der Waals surface area (Å²) in [4.78, 5) is 20.9. The summed E-state index contributed by atoms with van der Waals surface area (Å²) in [6.45, 7) is 0.238. The van der Waals surface area contributed by atoms with Crippen LogP contribution in [-0.4, -0.2) is 63.7 Å². The fourth-order valence-electron chi connectivity index (χ4n) is 0.900. The van der Waals surface area contributed by atoms with Crippen molar-refractivity contribution < 1.29 is 34.8 Å². The monoisotopic (exact) mass is 239 g/mol. The molecule has 0 heterocycles. The number of carbonyl (C=O) groups excluding carboxylic acids is 2. The minimum Gasteiger partial charge on any atom is -0.452 e. The maximum absolute atomic E-state index is 10.5. The zero-order valence-electron chi connectivity index (χ0n) is 8.81. The molecule has 0 rings (SSSR count). The molecule has 0 saturated heterocycles. The number of aldehydes is 1. The Kier molecular flexibility index (Phi) is 8.81. The first-order chi connectivity index (χ1) is 6.93. The molecule has 0 aromatic heterocycles. The van der Waals surface area contributed by atoms with Gasteiger partial charge in [-0.25, -0.2) is 0 Å². The number of esters is 1. The first-order valence-electron chi connectivity index (χ1n) is 4.21. The summed E-state index contributed by atoms with van der Waals surface area (Å²) in [5.74, 6) is -0.808. The van der Waals surface area contributed by atoms with Crippen molar-refractivity contribution in [1.29, 1.82) is 0 Å². The van der Waals surface area contributed by atoms with Crippen LogP contribution >= 0.6 is 0 Å². The molecule has 0 aliphatic carbocycles. The molecule has 0 amide bonds. The second-order valence-corrected chi connectivity index (χ2v) is 2.94. The van der Waals surface area contributed by atoms with Gasteiger partial charge in [0.1, 0.15) is 18.3 Å². The Morgan fingerprint density at radius 3 is 2.12 bits per heavy atom. The van der Waals surface area contributed by atoms with Crippen molar-refractivity contribution in [3.05, 3.63) is 0 Å². The van der Waals surface area contributed by atoms with Crippen LogP contribution in [0.3, 0.4) is 0 Å². The van der Waals surface area contributed by atoms with Crippen LogP contribution in [0.15, 0.2) is 0 Å². The zero-order valence-corrected chi connectivity index (χ0v) is 8.81. The zero-order chi connectivity index (χ0) is 12.0. The highest BCUT2D eigenvalue weighted by Crippen LogP contribution is 2.06. The number of carbonyl (C=O) groups is 2. The first-order valence-corrected chi connectivity index (χ1v) is 4.21. The molecule has 8 heteroatoms. The maximum atomic E-state index is 10.5. The average molecular weight is 239 g/mol. The third kappa shape index (κ3) is 5.14. The fraction of sp³-hybridized carbons (Fsp3) is 0.750. The highest BCUT2D eigenvalue weighted by Gasteiger charge is 2.32. The predicted octanol–water partition coefficient (Wildman–Crippen LogP) is -2.65. The highest BCUT2D eigenvalue weighted by atomic mass is 16.6. The Bertz CT molecular complexity index is 222. The number of hydrogen-bond acceptors (Lipinski definition) is 8. The van der Waals surface area contributed by atoms with Gasteiger partial charge in [0.25, 0.3) is 0 Å². The van der Waals surface area contributed by atoms with Crippen molar-refractivity contribution in [3.63, 3.8) is 0 Å². The van der Waals surface area contributed by atoms with Gasteiger partial charge in [-0.1, -0.05) is 0 Å². The molecule has 96 valence electrons. The molecule has 0 aliphatic rings. The van der Waals surface area contributed by atoms with Crippen molar-refractivity contribution in [1.82, 2.24) is 6.15 Å². The average Bonchev–Trinajstić information content (AvgIpc) is 2.22. The van der Waals surface area contributed by atoms with Crippen molar-refractivity contribution in [2.24, 2.45) is 0 Å². The van der Waals surface area contributed by atoms with Crippen LogP contribution in [0.25, 0.3) is 0 Å². The minimum atomic E-state index is -1.78. The Morgan fingerprint density at radius 2 is 1.81 bits per heavy atom. The Labute approximate surface area is 92.0 Å². The number of hydrogen-bond donors (Lipinski definition) is 5. The van der Waals surface area contributed by atoms with E-state index in [0.717, 1.165) is 6.92 Å². The lowest BCUT2D eigenvalue weighted by Crippen LogP contribution is -2.47. The lowest BCUT2D eigenvalue weighted by atomic mass is 10.0. The smallest absolute Gasteiger partial charge is 0.303 e. The van der Waals surface area contributed by atoms with Gasteiger partial charge in [-0.3, -0.25) is 9.59 Å². The van der Waals surface area contributed by atoms with Crippen LogP contribution < -0.4 is 6.15 Å². The Morgan fingerprint density at radius 1 is 1.31 bits per heavy atom. The van der Waals surface area contributed by atoms with E-state index in [9.17, 15) is 19.8 Å². The Balaban J connectivity index is 0. The van der Waals surface area contributed by atoms with E-state index in [2.05, 4.69) is 4.74 Å².